The minimum absolute atomic E-state index is 0.00318. The van der Waals surface area contributed by atoms with Crippen LogP contribution < -0.4 is 15.4 Å². The van der Waals surface area contributed by atoms with Crippen molar-refractivity contribution in [2.45, 2.75) is 25.1 Å². The van der Waals surface area contributed by atoms with Gasteiger partial charge >= 0.3 is 7.12 Å². The van der Waals surface area contributed by atoms with Crippen LogP contribution in [-0.4, -0.2) is 48.2 Å². The Balaban J connectivity index is 1.59. The summed E-state index contributed by atoms with van der Waals surface area (Å²) in [6, 6.07) is 13.9. The van der Waals surface area contributed by atoms with Crippen LogP contribution in [0.25, 0.3) is 11.0 Å². The molecule has 0 aliphatic rings. The predicted molar refractivity (Wildman–Crippen MR) is 112 cm³/mol. The fourth-order valence-corrected chi connectivity index (χ4v) is 3.09. The molecule has 0 radical (unpaired) electrons. The zero-order valence-corrected chi connectivity index (χ0v) is 16.7. The summed E-state index contributed by atoms with van der Waals surface area (Å²) in [5.41, 5.74) is 1.86. The van der Waals surface area contributed by atoms with Crippen molar-refractivity contribution in [2.24, 2.45) is 0 Å². The number of para-hydroxylation sites is 1. The topological polar surface area (TPSA) is 121 Å². The summed E-state index contributed by atoms with van der Waals surface area (Å²) >= 11 is 0. The molecule has 10 heteroatoms. The van der Waals surface area contributed by atoms with Gasteiger partial charge in [-0.1, -0.05) is 30.3 Å². The summed E-state index contributed by atoms with van der Waals surface area (Å²) in [5.74, 6) is -3.07. The quantitative estimate of drug-likeness (QED) is 0.300. The van der Waals surface area contributed by atoms with E-state index in [9.17, 15) is 24.0 Å². The minimum atomic E-state index is -2.52. The van der Waals surface area contributed by atoms with Gasteiger partial charge < -0.3 is 29.8 Å². The molecule has 0 saturated heterocycles. The molecule has 0 spiro atoms. The van der Waals surface area contributed by atoms with E-state index >= 15 is 0 Å². The monoisotopic (exact) mass is 428 g/mol. The zero-order chi connectivity index (χ0) is 22.4. The second-order valence-electron chi connectivity index (χ2n) is 6.92. The second kappa shape index (κ2) is 10.1. The van der Waals surface area contributed by atoms with Crippen molar-refractivity contribution < 1.29 is 33.2 Å². The van der Waals surface area contributed by atoms with E-state index in [1.807, 2.05) is 0 Å². The van der Waals surface area contributed by atoms with Crippen molar-refractivity contribution in [2.75, 3.05) is 7.11 Å². The van der Waals surface area contributed by atoms with E-state index in [0.29, 0.717) is 22.5 Å². The lowest BCUT2D eigenvalue weighted by molar-refractivity contribution is -0.136. The summed E-state index contributed by atoms with van der Waals surface area (Å²) in [6.07, 6.45) is -1.12. The van der Waals surface area contributed by atoms with Crippen molar-refractivity contribution in [1.29, 1.82) is 0 Å². The van der Waals surface area contributed by atoms with Gasteiger partial charge in [-0.05, 0) is 35.7 Å². The molecule has 4 N–H and O–H groups in total. The van der Waals surface area contributed by atoms with Crippen LogP contribution in [0.4, 0.5) is 4.39 Å². The van der Waals surface area contributed by atoms with Crippen molar-refractivity contribution in [3.63, 3.8) is 0 Å². The van der Waals surface area contributed by atoms with Crippen molar-refractivity contribution in [3.8, 4) is 5.75 Å². The van der Waals surface area contributed by atoms with E-state index in [4.69, 9.17) is 9.15 Å². The van der Waals surface area contributed by atoms with Gasteiger partial charge in [0.25, 0.3) is 18.0 Å². The SMILES string of the molecule is COc1cccc(CNC(=O)C(F)C(=O)N[C@@H](Cc2coc3ccccc23)B(O)O)c1. The number of methoxy groups -OCH3 is 1. The van der Waals surface area contributed by atoms with Gasteiger partial charge in [-0.15, -0.1) is 0 Å². The number of furan rings is 1. The molecule has 8 nitrogen and oxygen atoms in total. The Morgan fingerprint density at radius 2 is 1.94 bits per heavy atom. The normalized spacial score (nSPS) is 12.8. The molecular formula is C21H22BFN2O6. The van der Waals surface area contributed by atoms with Gasteiger partial charge in [0.2, 0.25) is 0 Å². The second-order valence-corrected chi connectivity index (χ2v) is 6.92. The molecule has 0 fully saturated rings. The highest BCUT2D eigenvalue weighted by atomic mass is 19.1. The van der Waals surface area contributed by atoms with Gasteiger partial charge in [-0.3, -0.25) is 9.59 Å². The number of carbonyl (C=O) groups is 2. The fraction of sp³-hybridized carbons (Fsp3) is 0.238. The van der Waals surface area contributed by atoms with Crippen LogP contribution >= 0.6 is 0 Å². The number of amides is 2. The first-order valence-electron chi connectivity index (χ1n) is 9.55. The molecule has 1 aromatic heterocycles. The molecule has 2 aromatic carbocycles. The van der Waals surface area contributed by atoms with Crippen LogP contribution in [0.3, 0.4) is 0 Å². The van der Waals surface area contributed by atoms with E-state index in [-0.39, 0.29) is 13.0 Å². The lowest BCUT2D eigenvalue weighted by atomic mass is 9.76. The lowest BCUT2D eigenvalue weighted by Gasteiger charge is -2.18. The lowest BCUT2D eigenvalue weighted by Crippen LogP contribution is -2.52. The Bertz CT molecular complexity index is 1060. The van der Waals surface area contributed by atoms with Gasteiger partial charge in [-0.2, -0.15) is 0 Å². The van der Waals surface area contributed by atoms with Crippen LogP contribution in [0, 0.1) is 0 Å². The largest absolute Gasteiger partial charge is 0.497 e. The third kappa shape index (κ3) is 5.62. The van der Waals surface area contributed by atoms with Gasteiger partial charge in [0.1, 0.15) is 11.3 Å². The Labute approximate surface area is 178 Å². The number of hydrogen-bond acceptors (Lipinski definition) is 6. The maximum atomic E-state index is 14.4. The summed E-state index contributed by atoms with van der Waals surface area (Å²) in [4.78, 5) is 24.2. The summed E-state index contributed by atoms with van der Waals surface area (Å²) in [6.45, 7) is -0.00318. The maximum Gasteiger partial charge on any atom is 0.475 e. The molecule has 3 rings (SSSR count). The number of fused-ring (bicyclic) bond motifs is 1. The van der Waals surface area contributed by atoms with Crippen molar-refractivity contribution >= 4 is 29.9 Å². The Morgan fingerprint density at radius 1 is 1.16 bits per heavy atom. The Hall–Kier alpha value is -3.37. The Kier molecular flexibility index (Phi) is 7.27. The third-order valence-electron chi connectivity index (χ3n) is 4.75. The first-order valence-corrected chi connectivity index (χ1v) is 9.55. The molecule has 0 bridgehead atoms. The van der Waals surface area contributed by atoms with E-state index in [1.54, 1.807) is 48.5 Å². The average Bonchev–Trinajstić information content (AvgIpc) is 3.19. The molecule has 0 aliphatic heterocycles. The highest BCUT2D eigenvalue weighted by Gasteiger charge is 2.32. The number of hydrogen-bond donors (Lipinski definition) is 4. The predicted octanol–water partition coefficient (Wildman–Crippen LogP) is 1.14. The molecular weight excluding hydrogens is 406 g/mol. The Morgan fingerprint density at radius 3 is 2.68 bits per heavy atom. The number of rotatable bonds is 9. The van der Waals surface area contributed by atoms with E-state index in [1.165, 1.54) is 13.4 Å². The zero-order valence-electron chi connectivity index (χ0n) is 16.7. The summed E-state index contributed by atoms with van der Waals surface area (Å²) in [7, 11) is -0.470. The number of alkyl halides is 1. The van der Waals surface area contributed by atoms with Crippen LogP contribution in [-0.2, 0) is 22.6 Å². The highest BCUT2D eigenvalue weighted by molar-refractivity contribution is 6.43. The van der Waals surface area contributed by atoms with Gasteiger partial charge in [0.15, 0.2) is 0 Å². The maximum absolute atomic E-state index is 14.4. The first-order chi connectivity index (χ1) is 14.9. The number of ether oxygens (including phenoxy) is 1. The van der Waals surface area contributed by atoms with Gasteiger partial charge in [0.05, 0.1) is 19.3 Å². The number of carbonyl (C=O) groups excluding carboxylic acids is 2. The van der Waals surface area contributed by atoms with E-state index in [2.05, 4.69) is 10.6 Å². The molecule has 1 heterocycles. The fourth-order valence-electron chi connectivity index (χ4n) is 3.09. The molecule has 2 amide bonds. The standard InChI is InChI=1S/C21H22BFN2O6/c1-30-15-6-4-5-13(9-15)11-24-20(26)19(23)21(27)25-18(22(28)29)10-14-12-31-17-8-3-2-7-16(14)17/h2-9,12,18-19,28-29H,10-11H2,1H3,(H,24,26)(H,25,27)/t18-,19?/m0/s1. The molecule has 0 saturated carbocycles. The minimum Gasteiger partial charge on any atom is -0.497 e. The van der Waals surface area contributed by atoms with Crippen molar-refractivity contribution in [1.82, 2.24) is 10.6 Å². The van der Waals surface area contributed by atoms with Gasteiger partial charge in [0, 0.05) is 11.9 Å². The molecule has 162 valence electrons. The average molecular weight is 428 g/mol. The molecule has 2 atom stereocenters. The van der Waals surface area contributed by atoms with Crippen LogP contribution in [0.1, 0.15) is 11.1 Å². The number of benzene rings is 2. The summed E-state index contributed by atoms with van der Waals surface area (Å²) in [5, 5.41) is 24.5. The molecule has 1 unspecified atom stereocenters. The molecule has 31 heavy (non-hydrogen) atoms. The smallest absolute Gasteiger partial charge is 0.475 e. The molecule has 3 aromatic rings. The van der Waals surface area contributed by atoms with E-state index in [0.717, 1.165) is 5.39 Å². The van der Waals surface area contributed by atoms with Crippen LogP contribution in [0.2, 0.25) is 0 Å². The van der Waals surface area contributed by atoms with Crippen LogP contribution in [0.15, 0.2) is 59.2 Å². The molecule has 0 aliphatic carbocycles. The summed E-state index contributed by atoms with van der Waals surface area (Å²) < 4.78 is 24.8. The number of nitrogens with one attached hydrogen (secondary N) is 2. The number of halogens is 1. The first kappa shape index (κ1) is 22.3. The van der Waals surface area contributed by atoms with Crippen molar-refractivity contribution in [3.05, 3.63) is 65.9 Å². The highest BCUT2D eigenvalue weighted by Crippen LogP contribution is 2.22. The third-order valence-corrected chi connectivity index (χ3v) is 4.75. The van der Waals surface area contributed by atoms with Gasteiger partial charge in [-0.25, -0.2) is 4.39 Å². The van der Waals surface area contributed by atoms with Crippen LogP contribution in [0.5, 0.6) is 5.75 Å². The van der Waals surface area contributed by atoms with E-state index < -0.39 is 31.0 Å².